The van der Waals surface area contributed by atoms with Crippen LogP contribution >= 0.6 is 11.6 Å². The number of aromatic nitrogens is 3. The number of hydrogen-bond donors (Lipinski definition) is 1. The predicted octanol–water partition coefficient (Wildman–Crippen LogP) is 1.78. The maximum atomic E-state index is 13.1. The fraction of sp³-hybridized carbons (Fsp3) is 0.333. The van der Waals surface area contributed by atoms with Crippen LogP contribution in [-0.4, -0.2) is 26.7 Å². The Kier molecular flexibility index (Phi) is 2.58. The first-order chi connectivity index (χ1) is 7.13. The zero-order chi connectivity index (χ0) is 11.0. The highest BCUT2D eigenvalue weighted by Gasteiger charge is 2.12. The SMILES string of the molecule is CC(CO)n1nnc2cc(F)c(Cl)cc21. The maximum Gasteiger partial charge on any atom is 0.144 e. The Bertz CT molecular complexity index is 499. The Morgan fingerprint density at radius 2 is 2.33 bits per heavy atom. The maximum absolute atomic E-state index is 13.1. The summed E-state index contributed by atoms with van der Waals surface area (Å²) in [4.78, 5) is 0. The molecule has 15 heavy (non-hydrogen) atoms. The summed E-state index contributed by atoms with van der Waals surface area (Å²) in [5.41, 5.74) is 1.04. The highest BCUT2D eigenvalue weighted by molar-refractivity contribution is 6.31. The van der Waals surface area contributed by atoms with E-state index in [0.717, 1.165) is 0 Å². The number of halogens is 2. The molecule has 2 rings (SSSR count). The van der Waals surface area contributed by atoms with Crippen LogP contribution in [0.3, 0.4) is 0 Å². The molecule has 0 saturated carbocycles. The standard InChI is InChI=1S/C9H9ClFN3O/c1-5(4-15)14-9-2-6(10)7(11)3-8(9)12-13-14/h2-3,5,15H,4H2,1H3. The second-order valence-electron chi connectivity index (χ2n) is 3.32. The van der Waals surface area contributed by atoms with Crippen molar-refractivity contribution < 1.29 is 9.50 Å². The second kappa shape index (κ2) is 3.75. The molecule has 0 bridgehead atoms. The normalized spacial score (nSPS) is 13.3. The third-order valence-corrected chi connectivity index (χ3v) is 2.48. The molecule has 1 aromatic heterocycles. The van der Waals surface area contributed by atoms with Gasteiger partial charge in [-0.25, -0.2) is 9.07 Å². The van der Waals surface area contributed by atoms with Crippen LogP contribution in [0, 0.1) is 5.82 Å². The Hall–Kier alpha value is -1.20. The lowest BCUT2D eigenvalue weighted by Crippen LogP contribution is -2.10. The Labute approximate surface area is 90.3 Å². The molecular formula is C9H9ClFN3O. The molecule has 80 valence electrons. The van der Waals surface area contributed by atoms with Crippen LogP contribution in [0.1, 0.15) is 13.0 Å². The van der Waals surface area contributed by atoms with E-state index in [-0.39, 0.29) is 17.7 Å². The fourth-order valence-corrected chi connectivity index (χ4v) is 1.49. The largest absolute Gasteiger partial charge is 0.394 e. The Morgan fingerprint density at radius 3 is 3.00 bits per heavy atom. The topological polar surface area (TPSA) is 50.9 Å². The van der Waals surface area contributed by atoms with Gasteiger partial charge in [0, 0.05) is 6.07 Å². The van der Waals surface area contributed by atoms with Crippen molar-refractivity contribution in [3.63, 3.8) is 0 Å². The van der Waals surface area contributed by atoms with E-state index >= 15 is 0 Å². The first-order valence-electron chi connectivity index (χ1n) is 4.44. The third kappa shape index (κ3) is 1.68. The van der Waals surface area contributed by atoms with E-state index in [4.69, 9.17) is 16.7 Å². The molecule has 2 aromatic rings. The van der Waals surface area contributed by atoms with Crippen LogP contribution in [0.25, 0.3) is 11.0 Å². The van der Waals surface area contributed by atoms with Crippen LogP contribution in [0.4, 0.5) is 4.39 Å². The monoisotopic (exact) mass is 229 g/mol. The summed E-state index contributed by atoms with van der Waals surface area (Å²) < 4.78 is 14.6. The molecule has 0 aliphatic heterocycles. The molecule has 6 heteroatoms. The van der Waals surface area contributed by atoms with Crippen molar-refractivity contribution in [1.29, 1.82) is 0 Å². The van der Waals surface area contributed by atoms with Crippen LogP contribution in [-0.2, 0) is 0 Å². The molecular weight excluding hydrogens is 221 g/mol. The van der Waals surface area contributed by atoms with E-state index in [1.165, 1.54) is 16.8 Å². The van der Waals surface area contributed by atoms with Crippen LogP contribution in [0.5, 0.6) is 0 Å². The molecule has 1 heterocycles. The summed E-state index contributed by atoms with van der Waals surface area (Å²) in [7, 11) is 0. The summed E-state index contributed by atoms with van der Waals surface area (Å²) in [5.74, 6) is -0.520. The van der Waals surface area contributed by atoms with Gasteiger partial charge in [0.05, 0.1) is 23.2 Å². The van der Waals surface area contributed by atoms with Gasteiger partial charge in [0.1, 0.15) is 11.3 Å². The molecule has 0 spiro atoms. The van der Waals surface area contributed by atoms with Crippen molar-refractivity contribution in [3.05, 3.63) is 23.0 Å². The van der Waals surface area contributed by atoms with Crippen molar-refractivity contribution in [1.82, 2.24) is 15.0 Å². The van der Waals surface area contributed by atoms with E-state index in [9.17, 15) is 4.39 Å². The van der Waals surface area contributed by atoms with E-state index in [0.29, 0.717) is 11.0 Å². The molecule has 1 N–H and O–H groups in total. The van der Waals surface area contributed by atoms with E-state index in [1.807, 2.05) is 0 Å². The summed E-state index contributed by atoms with van der Waals surface area (Å²) in [6.07, 6.45) is 0. The highest BCUT2D eigenvalue weighted by atomic mass is 35.5. The number of nitrogens with zero attached hydrogens (tertiary/aromatic N) is 3. The Morgan fingerprint density at radius 1 is 1.60 bits per heavy atom. The van der Waals surface area contributed by atoms with Gasteiger partial charge in [0.15, 0.2) is 0 Å². The molecule has 0 fully saturated rings. The van der Waals surface area contributed by atoms with Gasteiger partial charge in [-0.05, 0) is 13.0 Å². The average molecular weight is 230 g/mol. The number of aliphatic hydroxyl groups excluding tert-OH is 1. The minimum atomic E-state index is -0.520. The first-order valence-corrected chi connectivity index (χ1v) is 4.82. The molecule has 1 atom stereocenters. The molecule has 1 aromatic carbocycles. The lowest BCUT2D eigenvalue weighted by atomic mass is 10.3. The van der Waals surface area contributed by atoms with Gasteiger partial charge in [-0.15, -0.1) is 5.10 Å². The summed E-state index contributed by atoms with van der Waals surface area (Å²) in [5, 5.41) is 16.6. The second-order valence-corrected chi connectivity index (χ2v) is 3.73. The highest BCUT2D eigenvalue weighted by Crippen LogP contribution is 2.22. The van der Waals surface area contributed by atoms with Gasteiger partial charge in [0.25, 0.3) is 0 Å². The van der Waals surface area contributed by atoms with Crippen molar-refractivity contribution in [3.8, 4) is 0 Å². The van der Waals surface area contributed by atoms with E-state index in [2.05, 4.69) is 10.3 Å². The number of rotatable bonds is 2. The molecule has 0 aliphatic rings. The predicted molar refractivity (Wildman–Crippen MR) is 54.3 cm³/mol. The number of fused-ring (bicyclic) bond motifs is 1. The number of hydrogen-bond acceptors (Lipinski definition) is 3. The summed E-state index contributed by atoms with van der Waals surface area (Å²) in [6, 6.07) is 2.47. The molecule has 0 radical (unpaired) electrons. The molecule has 4 nitrogen and oxygen atoms in total. The van der Waals surface area contributed by atoms with Crippen molar-refractivity contribution in [2.24, 2.45) is 0 Å². The Balaban J connectivity index is 2.64. The van der Waals surface area contributed by atoms with Crippen molar-refractivity contribution >= 4 is 22.6 Å². The van der Waals surface area contributed by atoms with E-state index in [1.54, 1.807) is 6.92 Å². The van der Waals surface area contributed by atoms with Crippen LogP contribution in [0.2, 0.25) is 5.02 Å². The molecule has 0 aliphatic carbocycles. The quantitative estimate of drug-likeness (QED) is 0.854. The minimum absolute atomic E-state index is 0.0242. The zero-order valence-corrected chi connectivity index (χ0v) is 8.74. The van der Waals surface area contributed by atoms with E-state index < -0.39 is 5.82 Å². The van der Waals surface area contributed by atoms with Gasteiger partial charge in [-0.3, -0.25) is 0 Å². The lowest BCUT2D eigenvalue weighted by Gasteiger charge is -2.08. The minimum Gasteiger partial charge on any atom is -0.394 e. The molecule has 1 unspecified atom stereocenters. The van der Waals surface area contributed by atoms with Gasteiger partial charge in [0.2, 0.25) is 0 Å². The van der Waals surface area contributed by atoms with Crippen LogP contribution in [0.15, 0.2) is 12.1 Å². The fourth-order valence-electron chi connectivity index (χ4n) is 1.34. The average Bonchev–Trinajstić information content (AvgIpc) is 2.61. The summed E-state index contributed by atoms with van der Waals surface area (Å²) >= 11 is 5.66. The number of benzene rings is 1. The molecule has 0 amide bonds. The number of aliphatic hydroxyl groups is 1. The third-order valence-electron chi connectivity index (χ3n) is 2.19. The molecule has 0 saturated heterocycles. The van der Waals surface area contributed by atoms with Gasteiger partial charge >= 0.3 is 0 Å². The summed E-state index contributed by atoms with van der Waals surface area (Å²) in [6.45, 7) is 1.72. The lowest BCUT2D eigenvalue weighted by molar-refractivity contribution is 0.231. The van der Waals surface area contributed by atoms with Gasteiger partial charge < -0.3 is 5.11 Å². The smallest absolute Gasteiger partial charge is 0.144 e. The van der Waals surface area contributed by atoms with Crippen molar-refractivity contribution in [2.45, 2.75) is 13.0 Å². The van der Waals surface area contributed by atoms with Gasteiger partial charge in [-0.1, -0.05) is 16.8 Å². The van der Waals surface area contributed by atoms with Crippen LogP contribution < -0.4 is 0 Å². The van der Waals surface area contributed by atoms with Gasteiger partial charge in [-0.2, -0.15) is 0 Å². The first kappa shape index (κ1) is 10.3. The zero-order valence-electron chi connectivity index (χ0n) is 7.98. The van der Waals surface area contributed by atoms with Crippen molar-refractivity contribution in [2.75, 3.05) is 6.61 Å².